The molecule has 210 valence electrons. The molecule has 2 heterocycles. The summed E-state index contributed by atoms with van der Waals surface area (Å²) in [6.45, 7) is 0.746. The summed E-state index contributed by atoms with van der Waals surface area (Å²) in [5, 5.41) is 36.4. The fourth-order valence-corrected chi connectivity index (χ4v) is 4.65. The number of carboxylic acid groups (broad SMARTS) is 1. The number of amides is 1. The van der Waals surface area contributed by atoms with Crippen molar-refractivity contribution in [1.29, 1.82) is 0 Å². The van der Waals surface area contributed by atoms with E-state index in [1.165, 1.54) is 12.1 Å². The van der Waals surface area contributed by atoms with E-state index in [2.05, 4.69) is 15.6 Å². The topological polar surface area (TPSA) is 157 Å². The minimum Gasteiger partial charge on any atom is -0.506 e. The molecular weight excluding hydrogens is 526 g/mol. The number of aromatic hydroxyl groups is 1. The van der Waals surface area contributed by atoms with Gasteiger partial charge in [0, 0.05) is 18.0 Å². The first kappa shape index (κ1) is 27.5. The van der Waals surface area contributed by atoms with Crippen molar-refractivity contribution in [2.75, 3.05) is 6.54 Å². The summed E-state index contributed by atoms with van der Waals surface area (Å²) in [4.78, 5) is 25.6. The smallest absolute Gasteiger partial charge is 0.405 e. The molecule has 0 aliphatic heterocycles. The molecule has 0 aliphatic rings. The zero-order valence-electron chi connectivity index (χ0n) is 21.9. The molecule has 5 rings (SSSR count). The van der Waals surface area contributed by atoms with E-state index >= 15 is 0 Å². The number of carbonyl (C=O) groups is 1. The molecule has 0 saturated heterocycles. The minimum absolute atomic E-state index is 0.0633. The van der Waals surface area contributed by atoms with Gasteiger partial charge in [-0.25, -0.2) is 4.79 Å². The Morgan fingerprint density at radius 3 is 2.51 bits per heavy atom. The fourth-order valence-electron chi connectivity index (χ4n) is 4.65. The summed E-state index contributed by atoms with van der Waals surface area (Å²) in [7, 11) is 0. The first-order valence-corrected chi connectivity index (χ1v) is 13.0. The normalized spacial score (nSPS) is 12.6. The molecule has 2 atom stereocenters. The lowest BCUT2D eigenvalue weighted by Crippen LogP contribution is -2.27. The van der Waals surface area contributed by atoms with Gasteiger partial charge in [-0.05, 0) is 53.1 Å². The highest BCUT2D eigenvalue weighted by Crippen LogP contribution is 2.29. The van der Waals surface area contributed by atoms with Crippen molar-refractivity contribution >= 4 is 17.0 Å². The van der Waals surface area contributed by atoms with Crippen LogP contribution in [0.5, 0.6) is 11.5 Å². The van der Waals surface area contributed by atoms with Gasteiger partial charge in [-0.1, -0.05) is 48.5 Å². The molecule has 2 aromatic heterocycles. The Kier molecular flexibility index (Phi) is 8.33. The Balaban J connectivity index is 1.17. The summed E-state index contributed by atoms with van der Waals surface area (Å²) >= 11 is 0. The van der Waals surface area contributed by atoms with Crippen LogP contribution in [0.3, 0.4) is 0 Å². The standard InChI is InChI=1S/C31H29N3O7/c35-26-13-11-24(25-12-14-28(37)33-30(25)26)27(36)17-32-16-22-9-10-23(41-22)18-40-21-8-4-7-20(15-21)29(34-31(38)39)19-5-2-1-3-6-19/h1-15,27,29,32,34-36H,16-18H2,(H,33,37)(H,38,39). The number of aliphatic hydroxyl groups is 1. The average molecular weight is 556 g/mol. The van der Waals surface area contributed by atoms with E-state index in [-0.39, 0.29) is 30.0 Å². The Hall–Kier alpha value is -5.06. The monoisotopic (exact) mass is 555 g/mol. The number of fused-ring (bicyclic) bond motifs is 1. The van der Waals surface area contributed by atoms with Crippen LogP contribution in [0, 0.1) is 0 Å². The third-order valence-electron chi connectivity index (χ3n) is 6.59. The number of H-pyrrole nitrogens is 1. The van der Waals surface area contributed by atoms with Gasteiger partial charge in [-0.2, -0.15) is 0 Å². The molecule has 0 fully saturated rings. The maximum atomic E-state index is 11.6. The number of aliphatic hydroxyl groups excluding tert-OH is 1. The zero-order chi connectivity index (χ0) is 28.8. The van der Waals surface area contributed by atoms with Crippen molar-refractivity contribution in [3.8, 4) is 11.5 Å². The first-order chi connectivity index (χ1) is 19.9. The highest BCUT2D eigenvalue weighted by Gasteiger charge is 2.17. The van der Waals surface area contributed by atoms with E-state index in [1.54, 1.807) is 30.3 Å². The van der Waals surface area contributed by atoms with Gasteiger partial charge in [0.2, 0.25) is 5.56 Å². The van der Waals surface area contributed by atoms with Crippen molar-refractivity contribution in [2.24, 2.45) is 0 Å². The van der Waals surface area contributed by atoms with Gasteiger partial charge in [-0.3, -0.25) is 4.79 Å². The van der Waals surface area contributed by atoms with E-state index < -0.39 is 18.2 Å². The Labute approximate surface area is 234 Å². The number of pyridine rings is 1. The lowest BCUT2D eigenvalue weighted by atomic mass is 9.99. The van der Waals surface area contributed by atoms with Gasteiger partial charge in [0.05, 0.1) is 24.2 Å². The van der Waals surface area contributed by atoms with Crippen molar-refractivity contribution in [1.82, 2.24) is 15.6 Å². The number of rotatable bonds is 11. The Bertz CT molecular complexity index is 1700. The van der Waals surface area contributed by atoms with Gasteiger partial charge in [-0.15, -0.1) is 0 Å². The number of hydrogen-bond acceptors (Lipinski definition) is 7. The van der Waals surface area contributed by atoms with E-state index in [1.807, 2.05) is 48.5 Å². The number of hydrogen-bond donors (Lipinski definition) is 6. The molecule has 0 aliphatic carbocycles. The zero-order valence-corrected chi connectivity index (χ0v) is 21.9. The number of nitrogens with one attached hydrogen (secondary N) is 3. The second kappa shape index (κ2) is 12.4. The van der Waals surface area contributed by atoms with Gasteiger partial charge >= 0.3 is 6.09 Å². The highest BCUT2D eigenvalue weighted by molar-refractivity contribution is 5.87. The SMILES string of the molecule is O=C(O)NC(c1ccccc1)c1cccc(OCc2ccc(CNCC(O)c3ccc(O)c4[nH]c(=O)ccc34)o2)c1. The van der Waals surface area contributed by atoms with Crippen LogP contribution < -0.4 is 20.9 Å². The third-order valence-corrected chi connectivity index (χ3v) is 6.59. The molecule has 6 N–H and O–H groups in total. The first-order valence-electron chi connectivity index (χ1n) is 13.0. The second-order valence-electron chi connectivity index (χ2n) is 9.45. The summed E-state index contributed by atoms with van der Waals surface area (Å²) in [5.41, 5.74) is 2.07. The highest BCUT2D eigenvalue weighted by atomic mass is 16.5. The van der Waals surface area contributed by atoms with Crippen LogP contribution in [0.4, 0.5) is 4.79 Å². The molecule has 10 nitrogen and oxygen atoms in total. The van der Waals surface area contributed by atoms with E-state index in [9.17, 15) is 24.9 Å². The number of furan rings is 1. The van der Waals surface area contributed by atoms with E-state index in [4.69, 9.17) is 9.15 Å². The van der Waals surface area contributed by atoms with Crippen molar-refractivity contribution in [3.63, 3.8) is 0 Å². The molecular formula is C31H29N3O7. The summed E-state index contributed by atoms with van der Waals surface area (Å²) in [6.07, 6.45) is -2.01. The predicted octanol–water partition coefficient (Wildman–Crippen LogP) is 4.59. The van der Waals surface area contributed by atoms with Crippen LogP contribution >= 0.6 is 0 Å². The summed E-state index contributed by atoms with van der Waals surface area (Å²) in [6, 6.07) is 25.6. The number of aromatic nitrogens is 1. The maximum Gasteiger partial charge on any atom is 0.405 e. The molecule has 0 radical (unpaired) electrons. The number of aromatic amines is 1. The Morgan fingerprint density at radius 1 is 0.927 bits per heavy atom. The molecule has 1 amide bonds. The van der Waals surface area contributed by atoms with E-state index in [0.717, 1.165) is 11.1 Å². The van der Waals surface area contributed by atoms with Gasteiger partial charge < -0.3 is 40.1 Å². The molecule has 0 spiro atoms. The number of benzene rings is 3. The molecule has 0 bridgehead atoms. The lowest BCUT2D eigenvalue weighted by molar-refractivity contribution is 0.174. The second-order valence-corrected chi connectivity index (χ2v) is 9.45. The van der Waals surface area contributed by atoms with Gasteiger partial charge in [0.25, 0.3) is 0 Å². The van der Waals surface area contributed by atoms with Crippen molar-refractivity contribution < 1.29 is 29.3 Å². The molecule has 0 saturated carbocycles. The molecule has 3 aromatic carbocycles. The molecule has 2 unspecified atom stereocenters. The third kappa shape index (κ3) is 6.75. The molecule has 10 heteroatoms. The van der Waals surface area contributed by atoms with E-state index in [0.29, 0.717) is 34.8 Å². The maximum absolute atomic E-state index is 11.6. The van der Waals surface area contributed by atoms with Crippen LogP contribution in [0.2, 0.25) is 0 Å². The number of phenols is 1. The van der Waals surface area contributed by atoms with Crippen LogP contribution in [0.1, 0.15) is 40.4 Å². The largest absolute Gasteiger partial charge is 0.506 e. The molecule has 41 heavy (non-hydrogen) atoms. The van der Waals surface area contributed by atoms with Crippen LogP contribution in [-0.2, 0) is 13.2 Å². The van der Waals surface area contributed by atoms with Crippen LogP contribution in [0.25, 0.3) is 10.9 Å². The van der Waals surface area contributed by atoms with Crippen molar-refractivity contribution in [3.05, 3.63) is 130 Å². The fraction of sp³-hybridized carbons (Fsp3) is 0.161. The van der Waals surface area contributed by atoms with Gasteiger partial charge in [0.15, 0.2) is 0 Å². The lowest BCUT2D eigenvalue weighted by Gasteiger charge is -2.18. The molecule has 5 aromatic rings. The Morgan fingerprint density at radius 2 is 1.71 bits per heavy atom. The van der Waals surface area contributed by atoms with Crippen molar-refractivity contribution in [2.45, 2.75) is 25.3 Å². The van der Waals surface area contributed by atoms with Crippen LogP contribution in [0.15, 0.2) is 100 Å². The van der Waals surface area contributed by atoms with Crippen LogP contribution in [-0.4, -0.2) is 32.9 Å². The predicted molar refractivity (Wildman–Crippen MR) is 152 cm³/mol. The minimum atomic E-state index is -1.12. The average Bonchev–Trinajstić information content (AvgIpc) is 3.43. The summed E-state index contributed by atoms with van der Waals surface area (Å²) in [5.74, 6) is 1.76. The quantitative estimate of drug-likeness (QED) is 0.138. The number of ether oxygens (including phenoxy) is 1. The summed E-state index contributed by atoms with van der Waals surface area (Å²) < 4.78 is 11.8. The van der Waals surface area contributed by atoms with Gasteiger partial charge in [0.1, 0.15) is 29.6 Å². The number of phenolic OH excluding ortho intramolecular Hbond substituents is 1.